The largest absolute Gasteiger partial charge is 0.378 e. The number of rotatable bonds is 6. The van der Waals surface area contributed by atoms with E-state index in [1.807, 2.05) is 6.92 Å². The summed E-state index contributed by atoms with van der Waals surface area (Å²) in [4.78, 5) is 11.9. The highest BCUT2D eigenvalue weighted by Crippen LogP contribution is 2.42. The van der Waals surface area contributed by atoms with E-state index in [-0.39, 0.29) is 23.5 Å². The maximum atomic E-state index is 11.9. The third kappa shape index (κ3) is 3.48. The lowest BCUT2D eigenvalue weighted by Crippen LogP contribution is -2.62. The van der Waals surface area contributed by atoms with Crippen molar-refractivity contribution in [3.05, 3.63) is 0 Å². The molecule has 0 aromatic rings. The van der Waals surface area contributed by atoms with E-state index in [1.54, 1.807) is 0 Å². The molecule has 110 valence electrons. The summed E-state index contributed by atoms with van der Waals surface area (Å²) in [5, 5.41) is 3.14. The van der Waals surface area contributed by atoms with Crippen molar-refractivity contribution in [2.24, 2.45) is 5.41 Å². The molecular formula is C15H27NO3. The molecule has 1 N–H and O–H groups in total. The molecule has 0 aromatic carbocycles. The van der Waals surface area contributed by atoms with E-state index in [2.05, 4.69) is 19.2 Å². The minimum atomic E-state index is 0.0511. The molecule has 1 saturated heterocycles. The number of ether oxygens (including phenoxy) is 2. The maximum Gasteiger partial charge on any atom is 0.220 e. The molecule has 1 aliphatic carbocycles. The Bertz CT molecular complexity index is 311. The Kier molecular flexibility index (Phi) is 4.85. The van der Waals surface area contributed by atoms with Crippen molar-refractivity contribution in [2.45, 2.75) is 71.1 Å². The minimum Gasteiger partial charge on any atom is -0.378 e. The van der Waals surface area contributed by atoms with Gasteiger partial charge in [0.2, 0.25) is 5.91 Å². The van der Waals surface area contributed by atoms with Crippen LogP contribution < -0.4 is 5.32 Å². The fourth-order valence-corrected chi connectivity index (χ4v) is 3.04. The highest BCUT2D eigenvalue weighted by molar-refractivity contribution is 5.76. The van der Waals surface area contributed by atoms with Gasteiger partial charge in [0, 0.05) is 31.1 Å². The molecule has 1 aliphatic heterocycles. The molecule has 2 fully saturated rings. The zero-order valence-corrected chi connectivity index (χ0v) is 12.4. The minimum absolute atomic E-state index is 0.0511. The van der Waals surface area contributed by atoms with Gasteiger partial charge < -0.3 is 14.8 Å². The number of carbonyl (C=O) groups is 1. The first-order chi connectivity index (χ1) is 9.04. The Morgan fingerprint density at radius 3 is 2.84 bits per heavy atom. The number of nitrogens with one attached hydrogen (secondary N) is 1. The Morgan fingerprint density at radius 1 is 1.47 bits per heavy atom. The van der Waals surface area contributed by atoms with Gasteiger partial charge in [-0.1, -0.05) is 13.8 Å². The molecule has 0 unspecified atom stereocenters. The summed E-state index contributed by atoms with van der Waals surface area (Å²) in [7, 11) is 0. The van der Waals surface area contributed by atoms with E-state index < -0.39 is 0 Å². The van der Waals surface area contributed by atoms with Crippen molar-refractivity contribution < 1.29 is 14.3 Å². The number of carbonyl (C=O) groups excluding carboxylic acids is 1. The summed E-state index contributed by atoms with van der Waals surface area (Å²) in [5.74, 6) is 0.156. The fraction of sp³-hybridized carbons (Fsp3) is 0.933. The van der Waals surface area contributed by atoms with E-state index in [1.165, 1.54) is 0 Å². The van der Waals surface area contributed by atoms with Crippen molar-refractivity contribution in [1.29, 1.82) is 0 Å². The lowest BCUT2D eigenvalue weighted by molar-refractivity contribution is -0.137. The van der Waals surface area contributed by atoms with Gasteiger partial charge >= 0.3 is 0 Å². The van der Waals surface area contributed by atoms with Crippen LogP contribution in [0.25, 0.3) is 0 Å². The predicted octanol–water partition coefficient (Wildman–Crippen LogP) is 2.27. The molecule has 2 aliphatic rings. The number of hydrogen-bond donors (Lipinski definition) is 1. The molecule has 4 nitrogen and oxygen atoms in total. The van der Waals surface area contributed by atoms with Crippen molar-refractivity contribution in [1.82, 2.24) is 5.32 Å². The Labute approximate surface area is 116 Å². The Balaban J connectivity index is 1.68. The van der Waals surface area contributed by atoms with Crippen LogP contribution in [0.5, 0.6) is 0 Å². The molecule has 0 radical (unpaired) electrons. The SMILES string of the molecule is CCO[C@H]1C[C@H](NC(=O)CC[C@@H]2CCCO2)C1(C)C. The Hall–Kier alpha value is -0.610. The van der Waals surface area contributed by atoms with Gasteiger partial charge in [-0.05, 0) is 32.6 Å². The van der Waals surface area contributed by atoms with E-state index in [4.69, 9.17) is 9.47 Å². The first-order valence-corrected chi connectivity index (χ1v) is 7.56. The zero-order chi connectivity index (χ0) is 13.9. The number of amides is 1. The molecule has 1 amide bonds. The molecule has 1 saturated carbocycles. The van der Waals surface area contributed by atoms with Gasteiger partial charge in [0.1, 0.15) is 0 Å². The molecular weight excluding hydrogens is 242 g/mol. The van der Waals surface area contributed by atoms with Gasteiger partial charge in [0.05, 0.1) is 12.2 Å². The van der Waals surface area contributed by atoms with Crippen LogP contribution in [0.4, 0.5) is 0 Å². The lowest BCUT2D eigenvalue weighted by Gasteiger charge is -2.51. The van der Waals surface area contributed by atoms with Crippen LogP contribution >= 0.6 is 0 Å². The van der Waals surface area contributed by atoms with Crippen LogP contribution in [-0.4, -0.2) is 37.4 Å². The second-order valence-corrected chi connectivity index (χ2v) is 6.29. The predicted molar refractivity (Wildman–Crippen MR) is 74.0 cm³/mol. The lowest BCUT2D eigenvalue weighted by atomic mass is 9.64. The van der Waals surface area contributed by atoms with Crippen LogP contribution in [-0.2, 0) is 14.3 Å². The van der Waals surface area contributed by atoms with Crippen LogP contribution in [0.15, 0.2) is 0 Å². The molecule has 2 rings (SSSR count). The standard InChI is InChI=1S/C15H27NO3/c1-4-18-13-10-12(15(13,2)3)16-14(17)8-7-11-6-5-9-19-11/h11-13H,4-10H2,1-3H3,(H,16,17)/t11-,12-,13-/m0/s1. The molecule has 1 heterocycles. The third-order valence-corrected chi connectivity index (χ3v) is 4.60. The normalized spacial score (nSPS) is 32.9. The van der Waals surface area contributed by atoms with Crippen molar-refractivity contribution >= 4 is 5.91 Å². The first kappa shape index (κ1) is 14.8. The van der Waals surface area contributed by atoms with E-state index in [9.17, 15) is 4.79 Å². The molecule has 3 atom stereocenters. The van der Waals surface area contributed by atoms with Crippen LogP contribution in [0.2, 0.25) is 0 Å². The zero-order valence-electron chi connectivity index (χ0n) is 12.4. The van der Waals surface area contributed by atoms with Gasteiger partial charge in [-0.2, -0.15) is 0 Å². The fourth-order valence-electron chi connectivity index (χ4n) is 3.04. The smallest absolute Gasteiger partial charge is 0.220 e. The second kappa shape index (κ2) is 6.23. The summed E-state index contributed by atoms with van der Waals surface area (Å²) in [5.41, 5.74) is 0.0511. The van der Waals surface area contributed by atoms with Crippen LogP contribution in [0.1, 0.15) is 52.9 Å². The molecule has 4 heteroatoms. The van der Waals surface area contributed by atoms with E-state index >= 15 is 0 Å². The van der Waals surface area contributed by atoms with Gasteiger partial charge in [0.15, 0.2) is 0 Å². The maximum absolute atomic E-state index is 11.9. The van der Waals surface area contributed by atoms with Crippen molar-refractivity contribution in [2.75, 3.05) is 13.2 Å². The molecule has 0 spiro atoms. The average Bonchev–Trinajstić information content (AvgIpc) is 2.88. The molecule has 0 aromatic heterocycles. The van der Waals surface area contributed by atoms with E-state index in [0.717, 1.165) is 38.9 Å². The quantitative estimate of drug-likeness (QED) is 0.804. The average molecular weight is 269 g/mol. The molecule has 19 heavy (non-hydrogen) atoms. The highest BCUT2D eigenvalue weighted by atomic mass is 16.5. The summed E-state index contributed by atoms with van der Waals surface area (Å²) in [6.07, 6.45) is 5.20. The van der Waals surface area contributed by atoms with Crippen LogP contribution in [0.3, 0.4) is 0 Å². The second-order valence-electron chi connectivity index (χ2n) is 6.29. The summed E-state index contributed by atoms with van der Waals surface area (Å²) in [6.45, 7) is 7.96. The van der Waals surface area contributed by atoms with Gasteiger partial charge in [-0.25, -0.2) is 0 Å². The first-order valence-electron chi connectivity index (χ1n) is 7.56. The van der Waals surface area contributed by atoms with Gasteiger partial charge in [-0.15, -0.1) is 0 Å². The highest BCUT2D eigenvalue weighted by Gasteiger charge is 2.49. The van der Waals surface area contributed by atoms with Crippen molar-refractivity contribution in [3.63, 3.8) is 0 Å². The topological polar surface area (TPSA) is 47.6 Å². The molecule has 0 bridgehead atoms. The number of hydrogen-bond acceptors (Lipinski definition) is 3. The summed E-state index contributed by atoms with van der Waals surface area (Å²) < 4.78 is 11.2. The van der Waals surface area contributed by atoms with Crippen molar-refractivity contribution in [3.8, 4) is 0 Å². The van der Waals surface area contributed by atoms with Gasteiger partial charge in [-0.3, -0.25) is 4.79 Å². The van der Waals surface area contributed by atoms with Gasteiger partial charge in [0.25, 0.3) is 0 Å². The summed E-state index contributed by atoms with van der Waals surface area (Å²) in [6, 6.07) is 0.251. The third-order valence-electron chi connectivity index (χ3n) is 4.60. The monoisotopic (exact) mass is 269 g/mol. The Morgan fingerprint density at radius 2 is 2.26 bits per heavy atom. The van der Waals surface area contributed by atoms with Crippen LogP contribution in [0, 0.1) is 5.41 Å². The summed E-state index contributed by atoms with van der Waals surface area (Å²) >= 11 is 0. The van der Waals surface area contributed by atoms with E-state index in [0.29, 0.717) is 12.5 Å².